The second kappa shape index (κ2) is 5.06. The number of ether oxygens (including phenoxy) is 1. The lowest BCUT2D eigenvalue weighted by molar-refractivity contribution is -0.114. The molecule has 1 fully saturated rings. The van der Waals surface area contributed by atoms with E-state index in [9.17, 15) is 4.79 Å². The molecule has 1 heterocycles. The Labute approximate surface area is 73.0 Å². The maximum Gasteiger partial charge on any atom is 0.137 e. The lowest BCUT2D eigenvalue weighted by Gasteiger charge is -2.30. The summed E-state index contributed by atoms with van der Waals surface area (Å²) in [6.45, 7) is 6.82. The number of aldehydes is 1. The first-order valence-electron chi connectivity index (χ1n) is 4.26. The first-order valence-corrected chi connectivity index (χ1v) is 4.26. The Balaban J connectivity index is 2.39. The van der Waals surface area contributed by atoms with Crippen LogP contribution in [0.3, 0.4) is 0 Å². The summed E-state index contributed by atoms with van der Waals surface area (Å²) in [4.78, 5) is 12.8. The molecule has 0 aromatic carbocycles. The van der Waals surface area contributed by atoms with Gasteiger partial charge in [-0.15, -0.1) is 6.58 Å². The van der Waals surface area contributed by atoms with Crippen LogP contribution in [0, 0.1) is 0 Å². The molecule has 0 aromatic rings. The van der Waals surface area contributed by atoms with E-state index in [0.717, 1.165) is 39.0 Å². The molecular weight excluding hydrogens is 154 g/mol. The van der Waals surface area contributed by atoms with E-state index >= 15 is 0 Å². The van der Waals surface area contributed by atoms with E-state index in [-0.39, 0.29) is 6.04 Å². The van der Waals surface area contributed by atoms with Gasteiger partial charge in [-0.2, -0.15) is 0 Å². The normalized spacial score (nSPS) is 21.7. The third-order valence-corrected chi connectivity index (χ3v) is 2.08. The largest absolute Gasteiger partial charge is 0.379 e. The zero-order chi connectivity index (χ0) is 8.81. The van der Waals surface area contributed by atoms with Crippen molar-refractivity contribution in [1.82, 2.24) is 4.90 Å². The Morgan fingerprint density at radius 2 is 2.17 bits per heavy atom. The van der Waals surface area contributed by atoms with Crippen LogP contribution in [0.4, 0.5) is 0 Å². The Morgan fingerprint density at radius 3 is 2.67 bits per heavy atom. The summed E-state index contributed by atoms with van der Waals surface area (Å²) in [5.41, 5.74) is 0. The molecule has 1 saturated heterocycles. The second-order valence-corrected chi connectivity index (χ2v) is 2.88. The molecule has 1 aliphatic rings. The van der Waals surface area contributed by atoms with Crippen molar-refractivity contribution in [3.63, 3.8) is 0 Å². The highest BCUT2D eigenvalue weighted by Crippen LogP contribution is 2.05. The lowest BCUT2D eigenvalue weighted by atomic mass is 10.2. The van der Waals surface area contributed by atoms with E-state index < -0.39 is 0 Å². The number of carbonyl (C=O) groups is 1. The van der Waals surface area contributed by atoms with Gasteiger partial charge in [0.2, 0.25) is 0 Å². The van der Waals surface area contributed by atoms with Crippen molar-refractivity contribution in [3.8, 4) is 0 Å². The molecule has 68 valence electrons. The van der Waals surface area contributed by atoms with Gasteiger partial charge in [0, 0.05) is 13.1 Å². The van der Waals surface area contributed by atoms with Crippen LogP contribution in [0.2, 0.25) is 0 Å². The molecule has 1 atom stereocenters. The van der Waals surface area contributed by atoms with E-state index in [1.807, 2.05) is 0 Å². The molecule has 0 spiro atoms. The number of morpholine rings is 1. The standard InChI is InChI=1S/C9H15NO2/c1-2-3-9(8-11)10-4-6-12-7-5-10/h2,8-9H,1,3-7H2. The van der Waals surface area contributed by atoms with Crippen LogP contribution in [0.1, 0.15) is 6.42 Å². The number of rotatable bonds is 4. The molecule has 12 heavy (non-hydrogen) atoms. The van der Waals surface area contributed by atoms with Crippen LogP contribution >= 0.6 is 0 Å². The Kier molecular flexibility index (Phi) is 3.97. The van der Waals surface area contributed by atoms with Gasteiger partial charge in [-0.3, -0.25) is 4.90 Å². The Bertz CT molecular complexity index is 153. The average molecular weight is 169 g/mol. The SMILES string of the molecule is C=CCC(C=O)N1CCOCC1. The van der Waals surface area contributed by atoms with Crippen molar-refractivity contribution in [2.75, 3.05) is 26.3 Å². The molecule has 1 unspecified atom stereocenters. The molecule has 1 aliphatic heterocycles. The summed E-state index contributed by atoms with van der Waals surface area (Å²) in [6.07, 6.45) is 3.52. The van der Waals surface area contributed by atoms with Crippen LogP contribution < -0.4 is 0 Å². The fourth-order valence-corrected chi connectivity index (χ4v) is 1.37. The van der Waals surface area contributed by atoms with Crippen LogP contribution in [0.25, 0.3) is 0 Å². The third kappa shape index (κ3) is 2.43. The highest BCUT2D eigenvalue weighted by molar-refractivity contribution is 5.57. The van der Waals surface area contributed by atoms with Crippen molar-refractivity contribution in [2.45, 2.75) is 12.5 Å². The van der Waals surface area contributed by atoms with Crippen molar-refractivity contribution in [1.29, 1.82) is 0 Å². The summed E-state index contributed by atoms with van der Waals surface area (Å²) < 4.78 is 5.19. The van der Waals surface area contributed by atoms with Gasteiger partial charge in [-0.25, -0.2) is 0 Å². The van der Waals surface area contributed by atoms with Crippen LogP contribution in [-0.2, 0) is 9.53 Å². The maximum atomic E-state index is 10.7. The smallest absolute Gasteiger partial charge is 0.137 e. The second-order valence-electron chi connectivity index (χ2n) is 2.88. The molecule has 1 rings (SSSR count). The number of carbonyl (C=O) groups excluding carboxylic acids is 1. The zero-order valence-electron chi connectivity index (χ0n) is 7.24. The van der Waals surface area contributed by atoms with Gasteiger partial charge < -0.3 is 9.53 Å². The third-order valence-electron chi connectivity index (χ3n) is 2.08. The van der Waals surface area contributed by atoms with Gasteiger partial charge in [-0.05, 0) is 6.42 Å². The summed E-state index contributed by atoms with van der Waals surface area (Å²) in [7, 11) is 0. The molecule has 0 radical (unpaired) electrons. The molecule has 0 N–H and O–H groups in total. The summed E-state index contributed by atoms with van der Waals surface area (Å²) in [6, 6.07) is 0.00593. The maximum absolute atomic E-state index is 10.7. The molecule has 0 amide bonds. The van der Waals surface area contributed by atoms with E-state index in [2.05, 4.69) is 11.5 Å². The molecule has 0 aromatic heterocycles. The molecular formula is C9H15NO2. The van der Waals surface area contributed by atoms with Gasteiger partial charge >= 0.3 is 0 Å². The topological polar surface area (TPSA) is 29.5 Å². The number of hydrogen-bond acceptors (Lipinski definition) is 3. The molecule has 0 aliphatic carbocycles. The summed E-state index contributed by atoms with van der Waals surface area (Å²) >= 11 is 0. The monoisotopic (exact) mass is 169 g/mol. The highest BCUT2D eigenvalue weighted by atomic mass is 16.5. The predicted molar refractivity (Wildman–Crippen MR) is 47.1 cm³/mol. The minimum Gasteiger partial charge on any atom is -0.379 e. The average Bonchev–Trinajstić information content (AvgIpc) is 2.15. The number of hydrogen-bond donors (Lipinski definition) is 0. The lowest BCUT2D eigenvalue weighted by Crippen LogP contribution is -2.44. The van der Waals surface area contributed by atoms with E-state index in [4.69, 9.17) is 4.74 Å². The van der Waals surface area contributed by atoms with E-state index in [0.29, 0.717) is 0 Å². The molecule has 0 bridgehead atoms. The van der Waals surface area contributed by atoms with E-state index in [1.54, 1.807) is 6.08 Å². The Morgan fingerprint density at radius 1 is 1.50 bits per heavy atom. The zero-order valence-corrected chi connectivity index (χ0v) is 7.24. The minimum atomic E-state index is 0.00593. The van der Waals surface area contributed by atoms with Crippen LogP contribution in [0.5, 0.6) is 0 Å². The summed E-state index contributed by atoms with van der Waals surface area (Å²) in [5.74, 6) is 0. The van der Waals surface area contributed by atoms with Gasteiger partial charge in [0.1, 0.15) is 6.29 Å². The van der Waals surface area contributed by atoms with Crippen LogP contribution in [0.15, 0.2) is 12.7 Å². The van der Waals surface area contributed by atoms with Gasteiger partial charge in [-0.1, -0.05) is 6.08 Å². The predicted octanol–water partition coefficient (Wildman–Crippen LogP) is 0.462. The van der Waals surface area contributed by atoms with Gasteiger partial charge in [0.25, 0.3) is 0 Å². The quantitative estimate of drug-likeness (QED) is 0.452. The Hall–Kier alpha value is -0.670. The van der Waals surface area contributed by atoms with Gasteiger partial charge in [0.15, 0.2) is 0 Å². The minimum absolute atomic E-state index is 0.00593. The van der Waals surface area contributed by atoms with Crippen molar-refractivity contribution in [3.05, 3.63) is 12.7 Å². The van der Waals surface area contributed by atoms with Crippen molar-refractivity contribution in [2.24, 2.45) is 0 Å². The number of nitrogens with zero attached hydrogens (tertiary/aromatic N) is 1. The molecule has 3 nitrogen and oxygen atoms in total. The fourth-order valence-electron chi connectivity index (χ4n) is 1.37. The fraction of sp³-hybridized carbons (Fsp3) is 0.667. The first-order chi connectivity index (χ1) is 5.88. The van der Waals surface area contributed by atoms with Crippen LogP contribution in [-0.4, -0.2) is 43.5 Å². The van der Waals surface area contributed by atoms with E-state index in [1.165, 1.54) is 0 Å². The molecule has 3 heteroatoms. The van der Waals surface area contributed by atoms with Crippen molar-refractivity contribution < 1.29 is 9.53 Å². The molecule has 0 saturated carbocycles. The van der Waals surface area contributed by atoms with Gasteiger partial charge in [0.05, 0.1) is 19.3 Å². The summed E-state index contributed by atoms with van der Waals surface area (Å²) in [5, 5.41) is 0. The van der Waals surface area contributed by atoms with Crippen molar-refractivity contribution >= 4 is 6.29 Å². The highest BCUT2D eigenvalue weighted by Gasteiger charge is 2.18. The first kappa shape index (κ1) is 9.42.